The molecule has 1 unspecified atom stereocenters. The summed E-state index contributed by atoms with van der Waals surface area (Å²) in [7, 11) is 3.52. The molecule has 0 radical (unpaired) electrons. The Morgan fingerprint density at radius 1 is 1.24 bits per heavy atom. The lowest BCUT2D eigenvalue weighted by molar-refractivity contribution is -0.168. The first-order valence-electron chi connectivity index (χ1n) is 8.15. The van der Waals surface area contributed by atoms with E-state index in [9.17, 15) is 9.90 Å². The minimum atomic E-state index is -0.789. The van der Waals surface area contributed by atoms with Gasteiger partial charge in [-0.15, -0.1) is 0 Å². The van der Waals surface area contributed by atoms with E-state index in [-0.39, 0.29) is 5.91 Å². The van der Waals surface area contributed by atoms with Crippen LogP contribution in [0.1, 0.15) is 45.4 Å². The lowest BCUT2D eigenvalue weighted by atomic mass is 9.92. The van der Waals surface area contributed by atoms with Crippen LogP contribution in [-0.4, -0.2) is 72.4 Å². The molecule has 0 bridgehead atoms. The third-order valence-corrected chi connectivity index (χ3v) is 4.76. The third kappa shape index (κ3) is 4.18. The van der Waals surface area contributed by atoms with Crippen LogP contribution < -0.4 is 0 Å². The highest BCUT2D eigenvalue weighted by molar-refractivity contribution is 5.84. The number of aliphatic hydroxyl groups is 1. The van der Waals surface area contributed by atoms with Crippen molar-refractivity contribution in [3.63, 3.8) is 0 Å². The Balaban J connectivity index is 1.99. The second-order valence-electron chi connectivity index (χ2n) is 7.13. The van der Waals surface area contributed by atoms with E-state index in [1.807, 2.05) is 6.92 Å². The maximum absolute atomic E-state index is 12.3. The van der Waals surface area contributed by atoms with Crippen LogP contribution in [0, 0.1) is 0 Å². The number of nitrogens with zero attached hydrogens (tertiary/aromatic N) is 2. The average Bonchev–Trinajstić information content (AvgIpc) is 2.62. The average molecular weight is 298 g/mol. The number of morpholine rings is 1. The number of hydrogen-bond donors (Lipinski definition) is 1. The van der Waals surface area contributed by atoms with Crippen LogP contribution in [0.3, 0.4) is 0 Å². The highest BCUT2D eigenvalue weighted by atomic mass is 16.5. The smallest absolute Gasteiger partial charge is 0.255 e. The summed E-state index contributed by atoms with van der Waals surface area (Å²) in [6, 6.07) is 0. The van der Waals surface area contributed by atoms with Crippen LogP contribution in [0.2, 0.25) is 0 Å². The summed E-state index contributed by atoms with van der Waals surface area (Å²) >= 11 is 0. The van der Waals surface area contributed by atoms with Gasteiger partial charge in [-0.1, -0.05) is 25.7 Å². The van der Waals surface area contributed by atoms with Gasteiger partial charge in [0, 0.05) is 33.7 Å². The number of hydrogen-bond acceptors (Lipinski definition) is 4. The Labute approximate surface area is 128 Å². The van der Waals surface area contributed by atoms with Crippen molar-refractivity contribution >= 4 is 5.91 Å². The summed E-state index contributed by atoms with van der Waals surface area (Å²) in [6.07, 6.45) is 6.42. The molecule has 0 spiro atoms. The zero-order chi connectivity index (χ0) is 15.5. The summed E-state index contributed by atoms with van der Waals surface area (Å²) in [5.41, 5.74) is -1.38. The molecule has 1 amide bonds. The Kier molecular flexibility index (Phi) is 5.28. The van der Waals surface area contributed by atoms with Gasteiger partial charge in [0.1, 0.15) is 0 Å². The lowest BCUT2D eigenvalue weighted by Crippen LogP contribution is -2.60. The molecule has 0 aromatic heterocycles. The van der Waals surface area contributed by atoms with Gasteiger partial charge < -0.3 is 14.7 Å². The predicted molar refractivity (Wildman–Crippen MR) is 82.1 cm³/mol. The number of ether oxygens (including phenoxy) is 1. The Bertz CT molecular complexity index is 365. The number of carbonyl (C=O) groups is 1. The molecule has 5 nitrogen and oxygen atoms in total. The Morgan fingerprint density at radius 2 is 1.86 bits per heavy atom. The number of rotatable bonds is 3. The van der Waals surface area contributed by atoms with Gasteiger partial charge in [-0.05, 0) is 19.8 Å². The first kappa shape index (κ1) is 16.7. The van der Waals surface area contributed by atoms with Crippen molar-refractivity contribution in [2.75, 3.05) is 40.3 Å². The van der Waals surface area contributed by atoms with E-state index in [1.165, 1.54) is 12.8 Å². The summed E-state index contributed by atoms with van der Waals surface area (Å²) in [5.74, 6) is 0.0000520. The van der Waals surface area contributed by atoms with Crippen molar-refractivity contribution in [1.29, 1.82) is 0 Å². The highest BCUT2D eigenvalue weighted by Crippen LogP contribution is 2.29. The largest absolute Gasteiger partial charge is 0.389 e. The van der Waals surface area contributed by atoms with Crippen LogP contribution in [0.15, 0.2) is 0 Å². The monoisotopic (exact) mass is 298 g/mol. The maximum Gasteiger partial charge on any atom is 0.255 e. The Hall–Kier alpha value is -0.650. The van der Waals surface area contributed by atoms with Crippen LogP contribution in [0.25, 0.3) is 0 Å². The van der Waals surface area contributed by atoms with Crippen molar-refractivity contribution < 1.29 is 14.6 Å². The van der Waals surface area contributed by atoms with Crippen molar-refractivity contribution in [3.05, 3.63) is 0 Å². The SMILES string of the molecule is CN(C)C(=O)C1(C)CN(CC2(O)CCCCCC2)CCO1. The normalized spacial score (nSPS) is 30.7. The van der Waals surface area contributed by atoms with Crippen LogP contribution in [-0.2, 0) is 9.53 Å². The molecule has 0 aromatic rings. The first-order valence-corrected chi connectivity index (χ1v) is 8.15. The highest BCUT2D eigenvalue weighted by Gasteiger charge is 2.42. The van der Waals surface area contributed by atoms with E-state index in [0.29, 0.717) is 19.7 Å². The lowest BCUT2D eigenvalue weighted by Gasteiger charge is -2.43. The molecule has 1 atom stereocenters. The molecule has 2 rings (SSSR count). The molecule has 5 heteroatoms. The molecule has 1 saturated carbocycles. The molecule has 2 fully saturated rings. The molecule has 122 valence electrons. The Morgan fingerprint density at radius 3 is 2.43 bits per heavy atom. The molecule has 1 aliphatic carbocycles. The quantitative estimate of drug-likeness (QED) is 0.797. The van der Waals surface area contributed by atoms with Gasteiger partial charge >= 0.3 is 0 Å². The van der Waals surface area contributed by atoms with Gasteiger partial charge in [0.05, 0.1) is 12.2 Å². The molecule has 0 aromatic carbocycles. The van der Waals surface area contributed by atoms with E-state index in [4.69, 9.17) is 4.74 Å². The molecule has 21 heavy (non-hydrogen) atoms. The van der Waals surface area contributed by atoms with E-state index in [0.717, 1.165) is 32.2 Å². The van der Waals surface area contributed by atoms with Crippen molar-refractivity contribution in [2.45, 2.75) is 56.7 Å². The van der Waals surface area contributed by atoms with Crippen LogP contribution in [0.4, 0.5) is 0 Å². The molecule has 1 N–H and O–H groups in total. The molecular formula is C16H30N2O3. The van der Waals surface area contributed by atoms with Crippen molar-refractivity contribution in [1.82, 2.24) is 9.80 Å². The standard InChI is InChI=1S/C16H30N2O3/c1-15(14(19)17(2)3)12-18(10-11-21-15)13-16(20)8-6-4-5-7-9-16/h20H,4-13H2,1-3H3. The van der Waals surface area contributed by atoms with Gasteiger partial charge in [-0.2, -0.15) is 0 Å². The van der Waals surface area contributed by atoms with E-state index >= 15 is 0 Å². The summed E-state index contributed by atoms with van der Waals surface area (Å²) in [5, 5.41) is 10.8. The van der Waals surface area contributed by atoms with Gasteiger partial charge in [-0.25, -0.2) is 0 Å². The fraction of sp³-hybridized carbons (Fsp3) is 0.938. The summed E-state index contributed by atoms with van der Waals surface area (Å²) < 4.78 is 5.75. The van der Waals surface area contributed by atoms with Gasteiger partial charge in [0.2, 0.25) is 0 Å². The zero-order valence-corrected chi connectivity index (χ0v) is 13.7. The second-order valence-corrected chi connectivity index (χ2v) is 7.13. The molecule has 2 aliphatic rings. The number of β-amino-alcohol motifs (C(OH)–C–C–N with tert-alkyl or cyclic N) is 1. The van der Waals surface area contributed by atoms with E-state index in [1.54, 1.807) is 19.0 Å². The van der Waals surface area contributed by atoms with Gasteiger partial charge in [0.15, 0.2) is 5.60 Å². The van der Waals surface area contributed by atoms with Crippen LogP contribution >= 0.6 is 0 Å². The maximum atomic E-state index is 12.3. The van der Waals surface area contributed by atoms with Crippen molar-refractivity contribution in [3.8, 4) is 0 Å². The number of amides is 1. The van der Waals surface area contributed by atoms with Gasteiger partial charge in [0.25, 0.3) is 5.91 Å². The minimum Gasteiger partial charge on any atom is -0.389 e. The minimum absolute atomic E-state index is 0.0000520. The fourth-order valence-electron chi connectivity index (χ4n) is 3.65. The topological polar surface area (TPSA) is 53.0 Å². The third-order valence-electron chi connectivity index (χ3n) is 4.76. The molecular weight excluding hydrogens is 268 g/mol. The summed E-state index contributed by atoms with van der Waals surface area (Å²) in [6.45, 7) is 4.42. The first-order chi connectivity index (χ1) is 9.85. The van der Waals surface area contributed by atoms with E-state index in [2.05, 4.69) is 4.90 Å². The zero-order valence-electron chi connectivity index (χ0n) is 13.7. The molecule has 1 aliphatic heterocycles. The molecule has 1 saturated heterocycles. The molecule has 1 heterocycles. The number of carbonyl (C=O) groups excluding carboxylic acids is 1. The summed E-state index contributed by atoms with van der Waals surface area (Å²) in [4.78, 5) is 16.1. The van der Waals surface area contributed by atoms with E-state index < -0.39 is 11.2 Å². The van der Waals surface area contributed by atoms with Crippen LogP contribution in [0.5, 0.6) is 0 Å². The second kappa shape index (κ2) is 6.63. The fourth-order valence-corrected chi connectivity index (χ4v) is 3.65. The predicted octanol–water partition coefficient (Wildman–Crippen LogP) is 1.25. The number of likely N-dealkylation sites (N-methyl/N-ethyl adjacent to an activating group) is 1. The van der Waals surface area contributed by atoms with Crippen molar-refractivity contribution in [2.24, 2.45) is 0 Å². The van der Waals surface area contributed by atoms with Gasteiger partial charge in [-0.3, -0.25) is 9.69 Å².